The van der Waals surface area contributed by atoms with Gasteiger partial charge in [0.1, 0.15) is 0 Å². The second kappa shape index (κ2) is 8.92. The van der Waals surface area contributed by atoms with Crippen LogP contribution in [0.4, 0.5) is 0 Å². The molecular formula is C26H27N3O4. The van der Waals surface area contributed by atoms with E-state index in [0.717, 1.165) is 24.2 Å². The van der Waals surface area contributed by atoms with Gasteiger partial charge in [0, 0.05) is 60.9 Å². The predicted molar refractivity (Wildman–Crippen MR) is 123 cm³/mol. The Labute approximate surface area is 192 Å². The standard InChI is InChI=1S/C26H27N3O4/c1-33-26(32)23-20(16-30)22-15-29-21(10-9-19(25(29)31)18-8-5-12-27-14-18)24(23)28(22)13-11-17-6-3-2-4-7-17/h2-10,12,14,20,22-24,30H,11,13,15-16H2,1H3/t20-,22-,23+,24+/m1/s1. The van der Waals surface area contributed by atoms with Gasteiger partial charge in [-0.1, -0.05) is 36.4 Å². The number of fused-ring (bicyclic) bond motifs is 4. The number of benzene rings is 1. The molecule has 0 unspecified atom stereocenters. The SMILES string of the molecule is COC(=O)[C@H]1[C@H](CO)[C@H]2Cn3c(ccc(-c4cccnc4)c3=O)[C@@H]1N2CCc1ccccc1. The van der Waals surface area contributed by atoms with Crippen LogP contribution in [0.5, 0.6) is 0 Å². The Hall–Kier alpha value is -3.29. The lowest BCUT2D eigenvalue weighted by Gasteiger charge is -2.38. The quantitative estimate of drug-likeness (QED) is 0.586. The molecule has 0 spiro atoms. The molecule has 170 valence electrons. The van der Waals surface area contributed by atoms with Crippen molar-refractivity contribution in [3.8, 4) is 11.1 Å². The number of aromatic nitrogens is 2. The molecule has 1 N–H and O–H groups in total. The number of esters is 1. The largest absolute Gasteiger partial charge is 0.469 e. The van der Waals surface area contributed by atoms with Crippen LogP contribution in [-0.2, 0) is 22.5 Å². The molecule has 3 aromatic rings. The van der Waals surface area contributed by atoms with Gasteiger partial charge in [0.2, 0.25) is 0 Å². The average Bonchev–Trinajstić information content (AvgIpc) is 3.08. The number of methoxy groups -OCH3 is 1. The third kappa shape index (κ3) is 3.67. The lowest BCUT2D eigenvalue weighted by Crippen LogP contribution is -2.47. The van der Waals surface area contributed by atoms with Crippen LogP contribution in [0.3, 0.4) is 0 Å². The number of hydrogen-bond acceptors (Lipinski definition) is 6. The molecule has 0 amide bonds. The molecule has 0 radical (unpaired) electrons. The van der Waals surface area contributed by atoms with Crippen molar-refractivity contribution in [1.29, 1.82) is 0 Å². The summed E-state index contributed by atoms with van der Waals surface area (Å²) in [5.41, 5.74) is 3.25. The molecule has 1 fully saturated rings. The Morgan fingerprint density at radius 1 is 1.15 bits per heavy atom. The van der Waals surface area contributed by atoms with Gasteiger partial charge in [-0.3, -0.25) is 19.5 Å². The van der Waals surface area contributed by atoms with Gasteiger partial charge in [-0.15, -0.1) is 0 Å². The summed E-state index contributed by atoms with van der Waals surface area (Å²) < 4.78 is 6.93. The van der Waals surface area contributed by atoms with Gasteiger partial charge in [0.05, 0.1) is 19.1 Å². The van der Waals surface area contributed by atoms with E-state index in [2.05, 4.69) is 22.0 Å². The van der Waals surface area contributed by atoms with Crippen molar-refractivity contribution in [2.24, 2.45) is 11.8 Å². The highest BCUT2D eigenvalue weighted by Crippen LogP contribution is 2.48. The van der Waals surface area contributed by atoms with Crippen LogP contribution in [-0.4, -0.2) is 51.8 Å². The smallest absolute Gasteiger partial charge is 0.311 e. The van der Waals surface area contributed by atoms with E-state index in [1.54, 1.807) is 17.0 Å². The van der Waals surface area contributed by atoms with Crippen molar-refractivity contribution in [3.05, 3.63) is 88.6 Å². The first-order chi connectivity index (χ1) is 16.1. The fourth-order valence-corrected chi connectivity index (χ4v) is 5.58. The molecule has 0 aliphatic carbocycles. The van der Waals surface area contributed by atoms with E-state index in [1.807, 2.05) is 42.5 Å². The summed E-state index contributed by atoms with van der Waals surface area (Å²) in [4.78, 5) is 32.8. The Morgan fingerprint density at radius 3 is 2.67 bits per heavy atom. The van der Waals surface area contributed by atoms with Crippen LogP contribution in [0.2, 0.25) is 0 Å². The molecule has 7 heteroatoms. The number of hydrogen-bond donors (Lipinski definition) is 1. The highest BCUT2D eigenvalue weighted by Gasteiger charge is 2.56. The van der Waals surface area contributed by atoms with E-state index in [1.165, 1.54) is 12.7 Å². The number of aliphatic hydroxyl groups is 1. The summed E-state index contributed by atoms with van der Waals surface area (Å²) in [6.07, 6.45) is 4.18. The average molecular weight is 446 g/mol. The van der Waals surface area contributed by atoms with E-state index < -0.39 is 5.92 Å². The van der Waals surface area contributed by atoms with E-state index >= 15 is 0 Å². The predicted octanol–water partition coefficient (Wildman–Crippen LogP) is 2.29. The molecule has 2 aliphatic rings. The topological polar surface area (TPSA) is 84.7 Å². The Balaban J connectivity index is 1.57. The molecule has 2 bridgehead atoms. The van der Waals surface area contributed by atoms with Crippen molar-refractivity contribution in [2.45, 2.75) is 25.0 Å². The van der Waals surface area contributed by atoms with Crippen LogP contribution in [0.15, 0.2) is 71.8 Å². The Morgan fingerprint density at radius 2 is 1.97 bits per heavy atom. The first kappa shape index (κ1) is 21.6. The number of carbonyl (C=O) groups is 1. The van der Waals surface area contributed by atoms with Crippen LogP contribution < -0.4 is 5.56 Å². The van der Waals surface area contributed by atoms with Gasteiger partial charge in [-0.25, -0.2) is 0 Å². The molecule has 0 saturated carbocycles. The molecule has 1 aromatic carbocycles. The molecule has 2 aliphatic heterocycles. The first-order valence-electron chi connectivity index (χ1n) is 11.3. The lowest BCUT2D eigenvalue weighted by atomic mass is 9.87. The minimum absolute atomic E-state index is 0.0968. The molecule has 1 saturated heterocycles. The van der Waals surface area contributed by atoms with Crippen LogP contribution in [0.25, 0.3) is 11.1 Å². The Kier molecular flexibility index (Phi) is 5.83. The van der Waals surface area contributed by atoms with Crippen molar-refractivity contribution >= 4 is 5.97 Å². The maximum atomic E-state index is 13.5. The van der Waals surface area contributed by atoms with Gasteiger partial charge >= 0.3 is 5.97 Å². The zero-order chi connectivity index (χ0) is 22.9. The maximum absolute atomic E-state index is 13.5. The van der Waals surface area contributed by atoms with Crippen LogP contribution >= 0.6 is 0 Å². The fraction of sp³-hybridized carbons (Fsp3) is 0.346. The lowest BCUT2D eigenvalue weighted by molar-refractivity contribution is -0.148. The maximum Gasteiger partial charge on any atom is 0.311 e. The van der Waals surface area contributed by atoms with Gasteiger partial charge in [0.15, 0.2) is 0 Å². The van der Waals surface area contributed by atoms with Crippen molar-refractivity contribution in [3.63, 3.8) is 0 Å². The number of carbonyl (C=O) groups excluding carboxylic acids is 1. The number of ether oxygens (including phenoxy) is 1. The minimum Gasteiger partial charge on any atom is -0.469 e. The number of rotatable bonds is 6. The van der Waals surface area contributed by atoms with E-state index in [9.17, 15) is 14.7 Å². The third-order valence-corrected chi connectivity index (χ3v) is 7.12. The summed E-state index contributed by atoms with van der Waals surface area (Å²) in [5, 5.41) is 10.3. The molecule has 4 atom stereocenters. The molecular weight excluding hydrogens is 418 g/mol. The summed E-state index contributed by atoms with van der Waals surface area (Å²) >= 11 is 0. The molecule has 2 aromatic heterocycles. The van der Waals surface area contributed by atoms with Gasteiger partial charge in [0.25, 0.3) is 5.56 Å². The summed E-state index contributed by atoms with van der Waals surface area (Å²) in [5.74, 6) is -1.18. The zero-order valence-corrected chi connectivity index (χ0v) is 18.5. The molecule has 7 nitrogen and oxygen atoms in total. The molecule has 4 heterocycles. The van der Waals surface area contributed by atoms with Gasteiger partial charge in [-0.2, -0.15) is 0 Å². The van der Waals surface area contributed by atoms with E-state index in [4.69, 9.17) is 4.74 Å². The Bertz CT molecular complexity index is 1200. The van der Waals surface area contributed by atoms with Crippen LogP contribution in [0, 0.1) is 11.8 Å². The molecule has 33 heavy (non-hydrogen) atoms. The van der Waals surface area contributed by atoms with Crippen molar-refractivity contribution in [1.82, 2.24) is 14.5 Å². The van der Waals surface area contributed by atoms with Crippen LogP contribution in [0.1, 0.15) is 17.3 Å². The third-order valence-electron chi connectivity index (χ3n) is 7.12. The fourth-order valence-electron chi connectivity index (χ4n) is 5.58. The number of nitrogens with zero attached hydrogens (tertiary/aromatic N) is 3. The first-order valence-corrected chi connectivity index (χ1v) is 11.3. The summed E-state index contributed by atoms with van der Waals surface area (Å²) in [7, 11) is 1.38. The second-order valence-corrected chi connectivity index (χ2v) is 8.71. The van der Waals surface area contributed by atoms with E-state index in [0.29, 0.717) is 12.1 Å². The zero-order valence-electron chi connectivity index (χ0n) is 18.5. The summed E-state index contributed by atoms with van der Waals surface area (Å²) in [6.45, 7) is 1.01. The normalized spacial score (nSPS) is 23.8. The van der Waals surface area contributed by atoms with Gasteiger partial charge < -0.3 is 14.4 Å². The van der Waals surface area contributed by atoms with Crippen molar-refractivity contribution < 1.29 is 14.6 Å². The highest BCUT2D eigenvalue weighted by atomic mass is 16.5. The number of pyridine rings is 2. The monoisotopic (exact) mass is 445 g/mol. The highest BCUT2D eigenvalue weighted by molar-refractivity contribution is 5.75. The minimum atomic E-state index is -0.529. The summed E-state index contributed by atoms with van der Waals surface area (Å²) in [6, 6.07) is 17.2. The van der Waals surface area contributed by atoms with Crippen molar-refractivity contribution in [2.75, 3.05) is 20.3 Å². The number of aliphatic hydroxyl groups excluding tert-OH is 1. The molecule has 5 rings (SSSR count). The van der Waals surface area contributed by atoms with Gasteiger partial charge in [-0.05, 0) is 30.2 Å². The van der Waals surface area contributed by atoms with E-state index in [-0.39, 0.29) is 36.1 Å². The second-order valence-electron chi connectivity index (χ2n) is 8.71.